The lowest BCUT2D eigenvalue weighted by atomic mass is 10.7. The first kappa shape index (κ1) is 9.93. The van der Waals surface area contributed by atoms with Gasteiger partial charge in [-0.15, -0.1) is 11.8 Å². The van der Waals surface area contributed by atoms with Gasteiger partial charge in [-0.1, -0.05) is 0 Å². The summed E-state index contributed by atoms with van der Waals surface area (Å²) in [6.45, 7) is 0. The Balaban J connectivity index is 3.29. The van der Waals surface area contributed by atoms with Crippen LogP contribution in [0.2, 0.25) is 0 Å². The Bertz CT molecular complexity index is 482. The molecule has 0 atom stereocenters. The topological polar surface area (TPSA) is 81.4 Å². The number of hydrogen-bond acceptors (Lipinski definition) is 6. The average molecular weight is 219 g/mol. The molecule has 13 heavy (non-hydrogen) atoms. The van der Waals surface area contributed by atoms with Crippen LogP contribution in [0, 0.1) is 0 Å². The van der Waals surface area contributed by atoms with E-state index in [-0.39, 0.29) is 0 Å². The molecule has 1 aromatic heterocycles. The summed E-state index contributed by atoms with van der Waals surface area (Å²) in [5, 5.41) is 0.521. The molecular formula is C5H5N3O3S2. The van der Waals surface area contributed by atoms with E-state index in [4.69, 9.17) is 0 Å². The van der Waals surface area contributed by atoms with Gasteiger partial charge >= 0.3 is 16.2 Å². The highest BCUT2D eigenvalue weighted by atomic mass is 32.2. The highest BCUT2D eigenvalue weighted by Gasteiger charge is 1.96. The first-order chi connectivity index (χ1) is 6.13. The van der Waals surface area contributed by atoms with E-state index in [2.05, 4.69) is 9.46 Å². The van der Waals surface area contributed by atoms with Gasteiger partial charge in [0.1, 0.15) is 5.03 Å². The molecule has 0 spiro atoms. The maximum Gasteiger partial charge on any atom is 0.370 e. The second-order valence-electron chi connectivity index (χ2n) is 1.90. The Hall–Kier alpha value is -1.15. The summed E-state index contributed by atoms with van der Waals surface area (Å²) in [5.41, 5.74) is -0.712. The first-order valence-corrected chi connectivity index (χ1v) is 5.34. The highest BCUT2D eigenvalue weighted by molar-refractivity contribution is 7.98. The summed E-state index contributed by atoms with van der Waals surface area (Å²) >= 11 is 1.29. The van der Waals surface area contributed by atoms with Crippen molar-refractivity contribution in [3.8, 4) is 0 Å². The lowest BCUT2D eigenvalue weighted by Gasteiger charge is -1.94. The number of aromatic nitrogens is 2. The van der Waals surface area contributed by atoms with E-state index < -0.39 is 16.2 Å². The van der Waals surface area contributed by atoms with Gasteiger partial charge in [-0.05, 0) is 16.8 Å². The van der Waals surface area contributed by atoms with Crippen molar-refractivity contribution in [2.45, 2.75) is 5.03 Å². The number of rotatable bonds is 2. The van der Waals surface area contributed by atoms with Crippen molar-refractivity contribution in [1.82, 2.24) is 9.66 Å². The largest absolute Gasteiger partial charge is 0.370 e. The molecule has 0 aliphatic rings. The zero-order valence-corrected chi connectivity index (χ0v) is 8.17. The summed E-state index contributed by atoms with van der Waals surface area (Å²) < 4.78 is 23.9. The molecule has 0 saturated carbocycles. The molecule has 0 fully saturated rings. The Labute approximate surface area is 79.3 Å². The molecule has 0 amide bonds. The van der Waals surface area contributed by atoms with Crippen LogP contribution >= 0.6 is 11.8 Å². The maximum atomic E-state index is 11.0. The summed E-state index contributed by atoms with van der Waals surface area (Å²) in [7, 11) is -2.64. The Morgan fingerprint density at radius 1 is 1.62 bits per heavy atom. The zero-order chi connectivity index (χ0) is 9.84. The molecule has 0 aliphatic heterocycles. The van der Waals surface area contributed by atoms with Gasteiger partial charge in [0.2, 0.25) is 0 Å². The van der Waals surface area contributed by atoms with Crippen molar-refractivity contribution in [1.29, 1.82) is 0 Å². The third-order valence-corrected chi connectivity index (χ3v) is 2.08. The minimum Gasteiger partial charge on any atom is -0.244 e. The smallest absolute Gasteiger partial charge is 0.244 e. The van der Waals surface area contributed by atoms with Crippen molar-refractivity contribution < 1.29 is 8.42 Å². The molecule has 1 rings (SSSR count). The van der Waals surface area contributed by atoms with Gasteiger partial charge in [-0.25, -0.2) is 4.79 Å². The Kier molecular flexibility index (Phi) is 3.20. The molecule has 0 bridgehead atoms. The van der Waals surface area contributed by atoms with Gasteiger partial charge in [0.15, 0.2) is 0 Å². The minimum atomic E-state index is -2.64. The quantitative estimate of drug-likeness (QED) is 0.508. The molecule has 0 aliphatic carbocycles. The van der Waals surface area contributed by atoms with Crippen molar-refractivity contribution in [2.75, 3.05) is 6.26 Å². The fourth-order valence-corrected chi connectivity index (χ4v) is 1.26. The molecule has 0 N–H and O–H groups in total. The van der Waals surface area contributed by atoms with E-state index >= 15 is 0 Å². The van der Waals surface area contributed by atoms with Gasteiger partial charge in [0.25, 0.3) is 0 Å². The predicted molar refractivity (Wildman–Crippen MR) is 47.0 cm³/mol. The van der Waals surface area contributed by atoms with E-state index in [1.165, 1.54) is 24.0 Å². The van der Waals surface area contributed by atoms with Gasteiger partial charge in [0, 0.05) is 6.20 Å². The lowest BCUT2D eigenvalue weighted by molar-refractivity contribution is 0.613. The zero-order valence-electron chi connectivity index (χ0n) is 6.54. The predicted octanol–water partition coefficient (Wildman–Crippen LogP) is -0.209. The normalized spacial score (nSPS) is 9.62. The molecule has 1 heterocycles. The molecule has 8 heteroatoms. The number of hydrogen-bond donors (Lipinski definition) is 0. The van der Waals surface area contributed by atoms with Crippen LogP contribution in [0.1, 0.15) is 0 Å². The molecule has 0 unspecified atom stereocenters. The lowest BCUT2D eigenvalue weighted by Crippen LogP contribution is -2.18. The second kappa shape index (κ2) is 4.19. The Morgan fingerprint density at radius 3 is 2.77 bits per heavy atom. The van der Waals surface area contributed by atoms with Crippen LogP contribution in [0.4, 0.5) is 0 Å². The van der Waals surface area contributed by atoms with Crippen LogP contribution in [-0.2, 0) is 10.5 Å². The van der Waals surface area contributed by atoms with E-state index in [1.807, 2.05) is 0 Å². The van der Waals surface area contributed by atoms with Crippen molar-refractivity contribution in [3.05, 3.63) is 22.7 Å². The molecule has 0 radical (unpaired) electrons. The van der Waals surface area contributed by atoms with Crippen molar-refractivity contribution in [2.24, 2.45) is 4.47 Å². The van der Waals surface area contributed by atoms with Gasteiger partial charge in [-0.3, -0.25) is 0 Å². The molecule has 1 aromatic rings. The van der Waals surface area contributed by atoms with Crippen LogP contribution < -0.4 is 5.69 Å². The molecule has 6 nitrogen and oxygen atoms in total. The van der Waals surface area contributed by atoms with E-state index in [0.717, 1.165) is 0 Å². The molecule has 0 aromatic carbocycles. The summed E-state index contributed by atoms with van der Waals surface area (Å²) in [6.07, 6.45) is 3.01. The first-order valence-electron chi connectivity index (χ1n) is 3.08. The van der Waals surface area contributed by atoms with Crippen molar-refractivity contribution >= 4 is 22.3 Å². The molecule has 0 saturated heterocycles. The van der Waals surface area contributed by atoms with E-state index in [0.29, 0.717) is 9.70 Å². The summed E-state index contributed by atoms with van der Waals surface area (Å²) in [5.74, 6) is 0. The van der Waals surface area contributed by atoms with Gasteiger partial charge in [-0.2, -0.15) is 18.1 Å². The van der Waals surface area contributed by atoms with E-state index in [9.17, 15) is 13.2 Å². The van der Waals surface area contributed by atoms with Gasteiger partial charge < -0.3 is 0 Å². The fourth-order valence-electron chi connectivity index (χ4n) is 0.629. The second-order valence-corrected chi connectivity index (χ2v) is 3.32. The SMILES string of the molecule is CSc1ccn(N=S(=O)=O)c(=O)n1. The minimum absolute atomic E-state index is 0.521. The third-order valence-electron chi connectivity index (χ3n) is 1.12. The maximum absolute atomic E-state index is 11.0. The number of nitrogens with zero attached hydrogens (tertiary/aromatic N) is 3. The van der Waals surface area contributed by atoms with Crippen LogP contribution in [0.3, 0.4) is 0 Å². The van der Waals surface area contributed by atoms with Crippen molar-refractivity contribution in [3.63, 3.8) is 0 Å². The van der Waals surface area contributed by atoms with Crippen LogP contribution in [0.15, 0.2) is 26.6 Å². The monoisotopic (exact) mass is 219 g/mol. The molecule has 70 valence electrons. The van der Waals surface area contributed by atoms with Crippen LogP contribution in [-0.4, -0.2) is 24.3 Å². The summed E-state index contributed by atoms with van der Waals surface area (Å²) in [6, 6.07) is 1.50. The highest BCUT2D eigenvalue weighted by Crippen LogP contribution is 2.06. The van der Waals surface area contributed by atoms with Crippen LogP contribution in [0.5, 0.6) is 0 Å². The standard InChI is InChI=1S/C5H5N3O3S2/c1-12-4-2-3-8(5(9)6-4)7-13(10)11/h2-3H,1H3. The number of thioether (sulfide) groups is 1. The van der Waals surface area contributed by atoms with E-state index in [1.54, 1.807) is 6.26 Å². The Morgan fingerprint density at radius 2 is 2.31 bits per heavy atom. The average Bonchev–Trinajstić information content (AvgIpc) is 2.08. The van der Waals surface area contributed by atoms with Crippen LogP contribution in [0.25, 0.3) is 0 Å². The summed E-state index contributed by atoms with van der Waals surface area (Å²) in [4.78, 5) is 14.6. The molecular weight excluding hydrogens is 214 g/mol. The third kappa shape index (κ3) is 2.67. The fraction of sp³-hybridized carbons (Fsp3) is 0.200. The van der Waals surface area contributed by atoms with Gasteiger partial charge in [0.05, 0.1) is 0 Å².